The van der Waals surface area contributed by atoms with Gasteiger partial charge in [-0.1, -0.05) is 90.2 Å². The van der Waals surface area contributed by atoms with Crippen LogP contribution in [0.25, 0.3) is 0 Å². The summed E-state index contributed by atoms with van der Waals surface area (Å²) in [6.45, 7) is 5.25. The number of esters is 1. The first-order valence-electron chi connectivity index (χ1n) is 15.4. The van der Waals surface area contributed by atoms with Gasteiger partial charge >= 0.3 is 5.97 Å². The van der Waals surface area contributed by atoms with Gasteiger partial charge in [-0.2, -0.15) is 0 Å². The first kappa shape index (κ1) is 38.2. The molecule has 0 heterocycles. The zero-order valence-corrected chi connectivity index (χ0v) is 26.7. The summed E-state index contributed by atoms with van der Waals surface area (Å²) in [6, 6.07) is 0. The Bertz CT molecular complexity index is 652. The lowest BCUT2D eigenvalue weighted by atomic mass is 10.1. The molecule has 0 aromatic carbocycles. The molecular formula is C30H60NO7P. The van der Waals surface area contributed by atoms with Crippen molar-refractivity contribution in [2.75, 3.05) is 54.1 Å². The number of phosphoric acid groups is 1. The van der Waals surface area contributed by atoms with Gasteiger partial charge in [0.25, 0.3) is 7.82 Å². The highest BCUT2D eigenvalue weighted by atomic mass is 31.2. The maximum absolute atomic E-state index is 12.3. The van der Waals surface area contributed by atoms with Crippen LogP contribution in [0, 0.1) is 0 Å². The minimum Gasteiger partial charge on any atom is -0.756 e. The zero-order valence-electron chi connectivity index (χ0n) is 25.8. The van der Waals surface area contributed by atoms with Crippen molar-refractivity contribution < 1.29 is 37.3 Å². The van der Waals surface area contributed by atoms with E-state index in [2.05, 4.69) is 26.0 Å². The SMILES string of the molecule is CCCC/C=C\CCCCCCCCOCC(COP(=O)([O-])OCC[N+](C)(C)C)OC(=O)CCCCCCC. The number of hydrogen-bond acceptors (Lipinski definition) is 7. The monoisotopic (exact) mass is 577 g/mol. The first-order chi connectivity index (χ1) is 18.6. The fourth-order valence-corrected chi connectivity index (χ4v) is 4.55. The summed E-state index contributed by atoms with van der Waals surface area (Å²) in [6.07, 6.45) is 21.1. The molecule has 0 N–H and O–H groups in total. The molecule has 9 heteroatoms. The smallest absolute Gasteiger partial charge is 0.306 e. The van der Waals surface area contributed by atoms with Crippen LogP contribution in [0.1, 0.15) is 117 Å². The van der Waals surface area contributed by atoms with E-state index in [4.69, 9.17) is 18.5 Å². The number of carbonyl (C=O) groups is 1. The van der Waals surface area contributed by atoms with Crippen molar-refractivity contribution in [2.24, 2.45) is 0 Å². The standard InChI is InChI=1S/C30H60NO7P/c1-6-8-10-12-13-14-15-16-17-18-20-22-25-35-27-29(38-30(32)23-21-19-11-9-7-2)28-37-39(33,34)36-26-24-31(3,4)5/h12-13,29H,6-11,14-28H2,1-5H3/b13-12-. The van der Waals surface area contributed by atoms with E-state index in [1.165, 1.54) is 51.4 Å². The molecule has 0 aliphatic heterocycles. The molecular weight excluding hydrogens is 517 g/mol. The Morgan fingerprint density at radius 1 is 0.769 bits per heavy atom. The van der Waals surface area contributed by atoms with Crippen LogP contribution in [0.5, 0.6) is 0 Å². The zero-order chi connectivity index (χ0) is 29.2. The fraction of sp³-hybridized carbons (Fsp3) is 0.900. The molecule has 0 rings (SSSR count). The average Bonchev–Trinajstić information content (AvgIpc) is 2.86. The second-order valence-electron chi connectivity index (χ2n) is 11.5. The minimum absolute atomic E-state index is 0.0264. The number of ether oxygens (including phenoxy) is 2. The van der Waals surface area contributed by atoms with Crippen molar-refractivity contribution >= 4 is 13.8 Å². The third kappa shape index (κ3) is 28.6. The van der Waals surface area contributed by atoms with Crippen LogP contribution in [0.3, 0.4) is 0 Å². The lowest BCUT2D eigenvalue weighted by Crippen LogP contribution is -2.37. The van der Waals surface area contributed by atoms with Gasteiger partial charge < -0.3 is 27.9 Å². The Kier molecular flexibility index (Phi) is 24.5. The number of carbonyl (C=O) groups excluding carboxylic acids is 1. The molecule has 0 aromatic rings. The number of phosphoric ester groups is 1. The van der Waals surface area contributed by atoms with E-state index in [1.54, 1.807) is 0 Å². The van der Waals surface area contributed by atoms with E-state index >= 15 is 0 Å². The lowest BCUT2D eigenvalue weighted by Gasteiger charge is -2.28. The number of nitrogens with zero attached hydrogens (tertiary/aromatic N) is 1. The summed E-state index contributed by atoms with van der Waals surface area (Å²) in [7, 11) is 1.35. The molecule has 8 nitrogen and oxygen atoms in total. The molecule has 0 aromatic heterocycles. The Morgan fingerprint density at radius 2 is 1.36 bits per heavy atom. The van der Waals surface area contributed by atoms with Crippen LogP contribution in [0.15, 0.2) is 12.2 Å². The predicted octanol–water partition coefficient (Wildman–Crippen LogP) is 6.96. The fourth-order valence-electron chi connectivity index (χ4n) is 3.82. The summed E-state index contributed by atoms with van der Waals surface area (Å²) < 4.78 is 34.0. The predicted molar refractivity (Wildman–Crippen MR) is 157 cm³/mol. The van der Waals surface area contributed by atoms with Gasteiger partial charge in [-0.05, 0) is 32.1 Å². The third-order valence-electron chi connectivity index (χ3n) is 6.32. The summed E-state index contributed by atoms with van der Waals surface area (Å²) in [4.78, 5) is 24.5. The maximum atomic E-state index is 12.3. The number of likely N-dealkylation sites (N-methyl/N-ethyl adjacent to an activating group) is 1. The van der Waals surface area contributed by atoms with E-state index in [0.717, 1.165) is 44.9 Å². The van der Waals surface area contributed by atoms with Gasteiger partial charge in [0.1, 0.15) is 19.3 Å². The average molecular weight is 578 g/mol. The summed E-state index contributed by atoms with van der Waals surface area (Å²) in [5, 5.41) is 0. The van der Waals surface area contributed by atoms with Gasteiger partial charge in [-0.3, -0.25) is 9.36 Å². The normalized spacial score (nSPS) is 14.5. The highest BCUT2D eigenvalue weighted by molar-refractivity contribution is 7.45. The van der Waals surface area contributed by atoms with Crippen molar-refractivity contribution in [3.8, 4) is 0 Å². The van der Waals surface area contributed by atoms with Crippen LogP contribution in [-0.4, -0.2) is 70.7 Å². The molecule has 0 fully saturated rings. The van der Waals surface area contributed by atoms with Gasteiger partial charge in [-0.25, -0.2) is 0 Å². The Morgan fingerprint density at radius 3 is 2.03 bits per heavy atom. The Balaban J connectivity index is 4.30. The quantitative estimate of drug-likeness (QED) is 0.0326. The van der Waals surface area contributed by atoms with Crippen LogP contribution < -0.4 is 4.89 Å². The molecule has 39 heavy (non-hydrogen) atoms. The molecule has 0 saturated heterocycles. The van der Waals surface area contributed by atoms with Gasteiger partial charge in [0, 0.05) is 13.0 Å². The largest absolute Gasteiger partial charge is 0.756 e. The molecule has 2 atom stereocenters. The number of hydrogen-bond donors (Lipinski definition) is 0. The maximum Gasteiger partial charge on any atom is 0.306 e. The number of unbranched alkanes of at least 4 members (excludes halogenated alkanes) is 12. The van der Waals surface area contributed by atoms with Crippen LogP contribution >= 0.6 is 7.82 Å². The Hall–Kier alpha value is -0.760. The topological polar surface area (TPSA) is 94.1 Å². The summed E-state index contributed by atoms with van der Waals surface area (Å²) >= 11 is 0. The molecule has 0 amide bonds. The second kappa shape index (κ2) is 25.0. The van der Waals surface area contributed by atoms with Gasteiger partial charge in [0.2, 0.25) is 0 Å². The summed E-state index contributed by atoms with van der Waals surface area (Å²) in [5.74, 6) is -0.351. The van der Waals surface area contributed by atoms with E-state index in [0.29, 0.717) is 24.1 Å². The second-order valence-corrected chi connectivity index (χ2v) is 12.9. The molecule has 0 saturated carbocycles. The van der Waals surface area contributed by atoms with E-state index < -0.39 is 13.9 Å². The molecule has 0 aliphatic carbocycles. The van der Waals surface area contributed by atoms with E-state index in [-0.39, 0.29) is 25.8 Å². The molecule has 0 aliphatic rings. The summed E-state index contributed by atoms with van der Waals surface area (Å²) in [5.41, 5.74) is 0. The molecule has 0 bridgehead atoms. The van der Waals surface area contributed by atoms with Crippen molar-refractivity contribution in [1.82, 2.24) is 0 Å². The molecule has 232 valence electrons. The first-order valence-corrected chi connectivity index (χ1v) is 16.9. The van der Waals surface area contributed by atoms with E-state index in [9.17, 15) is 14.3 Å². The highest BCUT2D eigenvalue weighted by Gasteiger charge is 2.20. The van der Waals surface area contributed by atoms with Crippen LogP contribution in [0.2, 0.25) is 0 Å². The van der Waals surface area contributed by atoms with Gasteiger partial charge in [0.15, 0.2) is 0 Å². The molecule has 2 unspecified atom stereocenters. The van der Waals surface area contributed by atoms with Gasteiger partial charge in [0.05, 0.1) is 34.4 Å². The molecule has 0 radical (unpaired) electrons. The number of rotatable bonds is 28. The van der Waals surface area contributed by atoms with Crippen molar-refractivity contribution in [3.63, 3.8) is 0 Å². The van der Waals surface area contributed by atoms with Crippen molar-refractivity contribution in [3.05, 3.63) is 12.2 Å². The third-order valence-corrected chi connectivity index (χ3v) is 7.28. The van der Waals surface area contributed by atoms with Crippen LogP contribution in [-0.2, 0) is 27.9 Å². The Labute approximate surface area is 240 Å². The molecule has 0 spiro atoms. The van der Waals surface area contributed by atoms with Crippen LogP contribution in [0.4, 0.5) is 0 Å². The highest BCUT2D eigenvalue weighted by Crippen LogP contribution is 2.38. The van der Waals surface area contributed by atoms with E-state index in [1.807, 2.05) is 21.1 Å². The number of allylic oxidation sites excluding steroid dienone is 2. The van der Waals surface area contributed by atoms with Gasteiger partial charge in [-0.15, -0.1) is 0 Å². The minimum atomic E-state index is -4.49. The van der Waals surface area contributed by atoms with Crippen molar-refractivity contribution in [1.29, 1.82) is 0 Å². The number of quaternary nitrogens is 1. The lowest BCUT2D eigenvalue weighted by molar-refractivity contribution is -0.870. The van der Waals surface area contributed by atoms with Crippen molar-refractivity contribution in [2.45, 2.75) is 123 Å².